The Labute approximate surface area is 92.9 Å². The monoisotopic (exact) mass is 226 g/mol. The van der Waals surface area contributed by atoms with Crippen LogP contribution in [0.4, 0.5) is 0 Å². The average molecular weight is 227 g/mol. The van der Waals surface area contributed by atoms with Crippen LogP contribution in [0.25, 0.3) is 0 Å². The Bertz CT molecular complexity index is 415. The van der Waals surface area contributed by atoms with Gasteiger partial charge in [0, 0.05) is 10.6 Å². The Kier molecular flexibility index (Phi) is 2.57. The number of hydrogen-bond acceptors (Lipinski definition) is 3. The highest BCUT2D eigenvalue weighted by Crippen LogP contribution is 2.39. The van der Waals surface area contributed by atoms with Gasteiger partial charge >= 0.3 is 5.97 Å². The van der Waals surface area contributed by atoms with E-state index in [-0.39, 0.29) is 11.9 Å². The van der Waals surface area contributed by atoms with Gasteiger partial charge in [0.05, 0.1) is 7.11 Å². The molecule has 0 saturated carbocycles. The van der Waals surface area contributed by atoms with E-state index in [0.717, 1.165) is 16.9 Å². The molecule has 1 atom stereocenters. The number of rotatable bonds is 1. The zero-order valence-electron chi connectivity index (χ0n) is 8.54. The first-order valence-corrected chi connectivity index (χ1v) is 5.02. The van der Waals surface area contributed by atoms with Crippen molar-refractivity contribution in [2.75, 3.05) is 13.7 Å². The molecule has 0 saturated heterocycles. The number of aryl methyl sites for hydroxylation is 1. The molecule has 1 unspecified atom stereocenters. The minimum absolute atomic E-state index is 0.282. The van der Waals surface area contributed by atoms with Crippen molar-refractivity contribution < 1.29 is 14.3 Å². The van der Waals surface area contributed by atoms with E-state index in [0.29, 0.717) is 11.6 Å². The van der Waals surface area contributed by atoms with Gasteiger partial charge in [-0.25, -0.2) is 0 Å². The van der Waals surface area contributed by atoms with Crippen molar-refractivity contribution in [1.82, 2.24) is 0 Å². The predicted molar refractivity (Wildman–Crippen MR) is 56.4 cm³/mol. The quantitative estimate of drug-likeness (QED) is 0.690. The normalized spacial score (nSPS) is 18.2. The molecular formula is C11H11ClO3. The molecule has 1 aromatic carbocycles. The third-order valence-electron chi connectivity index (χ3n) is 2.52. The summed E-state index contributed by atoms with van der Waals surface area (Å²) in [7, 11) is 1.37. The van der Waals surface area contributed by atoms with Crippen molar-refractivity contribution in [1.29, 1.82) is 0 Å². The summed E-state index contributed by atoms with van der Waals surface area (Å²) in [6.07, 6.45) is 0. The number of ether oxygens (including phenoxy) is 2. The van der Waals surface area contributed by atoms with Crippen LogP contribution in [0.2, 0.25) is 5.02 Å². The van der Waals surface area contributed by atoms with Crippen molar-refractivity contribution in [3.05, 3.63) is 28.3 Å². The van der Waals surface area contributed by atoms with Crippen molar-refractivity contribution in [3.63, 3.8) is 0 Å². The second-order valence-corrected chi connectivity index (χ2v) is 3.96. The Morgan fingerprint density at radius 2 is 2.33 bits per heavy atom. The summed E-state index contributed by atoms with van der Waals surface area (Å²) in [5.41, 5.74) is 1.77. The lowest BCUT2D eigenvalue weighted by Gasteiger charge is -2.06. The fourth-order valence-electron chi connectivity index (χ4n) is 1.81. The topological polar surface area (TPSA) is 35.5 Å². The highest BCUT2D eigenvalue weighted by Gasteiger charge is 2.32. The van der Waals surface area contributed by atoms with Crippen LogP contribution in [-0.2, 0) is 9.53 Å². The predicted octanol–water partition coefficient (Wildman–Crippen LogP) is 2.30. The highest BCUT2D eigenvalue weighted by atomic mass is 35.5. The largest absolute Gasteiger partial charge is 0.492 e. The molecule has 2 rings (SSSR count). The number of carbonyl (C=O) groups excluding carboxylic acids is 1. The number of hydrogen-bond donors (Lipinski definition) is 0. The van der Waals surface area contributed by atoms with E-state index in [2.05, 4.69) is 0 Å². The molecule has 1 heterocycles. The second kappa shape index (κ2) is 3.74. The number of fused-ring (bicyclic) bond motifs is 1. The Balaban J connectivity index is 2.46. The lowest BCUT2D eigenvalue weighted by Crippen LogP contribution is -2.15. The van der Waals surface area contributed by atoms with E-state index in [4.69, 9.17) is 21.1 Å². The minimum atomic E-state index is -0.345. The number of methoxy groups -OCH3 is 1. The molecule has 0 bridgehead atoms. The number of esters is 1. The highest BCUT2D eigenvalue weighted by molar-refractivity contribution is 6.30. The van der Waals surface area contributed by atoms with Gasteiger partial charge in [-0.2, -0.15) is 0 Å². The van der Waals surface area contributed by atoms with E-state index in [1.165, 1.54) is 7.11 Å². The molecule has 1 aliphatic heterocycles. The standard InChI is InChI=1S/C11H11ClO3/c1-6-3-7(12)4-8-9(11(13)14-2)5-15-10(6)8/h3-4,9H,5H2,1-2H3. The molecule has 80 valence electrons. The Hall–Kier alpha value is -1.22. The van der Waals surface area contributed by atoms with Crippen molar-refractivity contribution in [2.45, 2.75) is 12.8 Å². The third-order valence-corrected chi connectivity index (χ3v) is 2.74. The van der Waals surface area contributed by atoms with E-state index in [1.807, 2.05) is 13.0 Å². The fraction of sp³-hybridized carbons (Fsp3) is 0.364. The molecule has 0 radical (unpaired) electrons. The first kappa shape index (κ1) is 10.3. The van der Waals surface area contributed by atoms with Crippen LogP contribution in [0, 0.1) is 6.92 Å². The molecule has 15 heavy (non-hydrogen) atoms. The lowest BCUT2D eigenvalue weighted by atomic mass is 9.99. The maximum absolute atomic E-state index is 11.5. The molecule has 0 aliphatic carbocycles. The molecule has 0 fully saturated rings. The number of benzene rings is 1. The summed E-state index contributed by atoms with van der Waals surface area (Å²) >= 11 is 5.93. The van der Waals surface area contributed by atoms with Gasteiger partial charge in [-0.05, 0) is 24.6 Å². The van der Waals surface area contributed by atoms with Crippen molar-refractivity contribution >= 4 is 17.6 Å². The number of halogens is 1. The fourth-order valence-corrected chi connectivity index (χ4v) is 2.09. The molecule has 3 nitrogen and oxygen atoms in total. The zero-order valence-corrected chi connectivity index (χ0v) is 9.30. The van der Waals surface area contributed by atoms with Crippen molar-refractivity contribution in [2.24, 2.45) is 0 Å². The molecule has 0 N–H and O–H groups in total. The Morgan fingerprint density at radius 1 is 1.60 bits per heavy atom. The second-order valence-electron chi connectivity index (χ2n) is 3.53. The summed E-state index contributed by atoms with van der Waals surface area (Å²) < 4.78 is 10.2. The van der Waals surface area contributed by atoms with E-state index < -0.39 is 0 Å². The summed E-state index contributed by atoms with van der Waals surface area (Å²) in [5, 5.41) is 0.616. The van der Waals surface area contributed by atoms with Gasteiger partial charge in [0.15, 0.2) is 0 Å². The molecular weight excluding hydrogens is 216 g/mol. The van der Waals surface area contributed by atoms with Crippen molar-refractivity contribution in [3.8, 4) is 5.75 Å². The van der Waals surface area contributed by atoms with Gasteiger partial charge < -0.3 is 9.47 Å². The van der Waals surface area contributed by atoms with Crippen LogP contribution >= 0.6 is 11.6 Å². The van der Waals surface area contributed by atoms with E-state index >= 15 is 0 Å². The summed E-state index contributed by atoms with van der Waals surface area (Å²) in [6, 6.07) is 3.58. The lowest BCUT2D eigenvalue weighted by molar-refractivity contribution is -0.142. The molecule has 1 aliphatic rings. The third kappa shape index (κ3) is 1.67. The van der Waals surface area contributed by atoms with Gasteiger partial charge in [0.2, 0.25) is 0 Å². The van der Waals surface area contributed by atoms with Crippen LogP contribution in [0.3, 0.4) is 0 Å². The minimum Gasteiger partial charge on any atom is -0.492 e. The van der Waals surface area contributed by atoms with Gasteiger partial charge in [-0.1, -0.05) is 11.6 Å². The molecule has 0 aromatic heterocycles. The SMILES string of the molecule is COC(=O)C1COc2c(C)cc(Cl)cc21. The maximum atomic E-state index is 11.5. The van der Waals surface area contributed by atoms with Crippen LogP contribution in [-0.4, -0.2) is 19.7 Å². The first-order valence-electron chi connectivity index (χ1n) is 4.64. The van der Waals surface area contributed by atoms with Crippen LogP contribution in [0.5, 0.6) is 5.75 Å². The smallest absolute Gasteiger partial charge is 0.316 e. The first-order chi connectivity index (χ1) is 7.13. The molecule has 0 spiro atoms. The van der Waals surface area contributed by atoms with Crippen LogP contribution < -0.4 is 4.74 Å². The zero-order chi connectivity index (χ0) is 11.0. The Morgan fingerprint density at radius 3 is 3.00 bits per heavy atom. The van der Waals surface area contributed by atoms with Gasteiger partial charge in [-0.15, -0.1) is 0 Å². The molecule has 1 aromatic rings. The summed E-state index contributed by atoms with van der Waals surface area (Å²) in [4.78, 5) is 11.5. The summed E-state index contributed by atoms with van der Waals surface area (Å²) in [6.45, 7) is 2.24. The van der Waals surface area contributed by atoms with Gasteiger partial charge in [-0.3, -0.25) is 4.79 Å². The number of carbonyl (C=O) groups is 1. The van der Waals surface area contributed by atoms with E-state index in [1.54, 1.807) is 6.07 Å². The van der Waals surface area contributed by atoms with Gasteiger partial charge in [0.25, 0.3) is 0 Å². The molecule has 0 amide bonds. The maximum Gasteiger partial charge on any atom is 0.316 e. The van der Waals surface area contributed by atoms with Gasteiger partial charge in [0.1, 0.15) is 18.3 Å². The van der Waals surface area contributed by atoms with Crippen LogP contribution in [0.1, 0.15) is 17.0 Å². The average Bonchev–Trinajstić information content (AvgIpc) is 2.60. The molecule has 4 heteroatoms. The van der Waals surface area contributed by atoms with E-state index in [9.17, 15) is 4.79 Å². The summed E-state index contributed by atoms with van der Waals surface area (Å²) in [5.74, 6) is 0.132. The van der Waals surface area contributed by atoms with Crippen LogP contribution in [0.15, 0.2) is 12.1 Å².